The van der Waals surface area contributed by atoms with Gasteiger partial charge in [0.1, 0.15) is 5.00 Å². The lowest BCUT2D eigenvalue weighted by atomic mass is 9.95. The average molecular weight is 296 g/mol. The van der Waals surface area contributed by atoms with Crippen LogP contribution in [0, 0.1) is 0 Å². The molecule has 6 heteroatoms. The summed E-state index contributed by atoms with van der Waals surface area (Å²) in [5, 5.41) is 3.96. The number of hydrogen-bond acceptors (Lipinski definition) is 5. The van der Waals surface area contributed by atoms with Gasteiger partial charge >= 0.3 is 5.97 Å². The quantitative estimate of drug-likeness (QED) is 0.788. The number of thiophene rings is 1. The highest BCUT2D eigenvalue weighted by Crippen LogP contribution is 2.37. The minimum Gasteiger partial charge on any atom is -0.466 e. The number of carbonyl (C=O) groups is 2. The summed E-state index contributed by atoms with van der Waals surface area (Å²) in [5.41, 5.74) is 7.22. The van der Waals surface area contributed by atoms with Crippen molar-refractivity contribution in [3.8, 4) is 0 Å². The van der Waals surface area contributed by atoms with Crippen molar-refractivity contribution in [3.63, 3.8) is 0 Å². The zero-order valence-electron chi connectivity index (χ0n) is 11.7. The molecular formula is C14H20N2O3S. The van der Waals surface area contributed by atoms with Gasteiger partial charge in [0, 0.05) is 11.4 Å². The molecule has 1 amide bonds. The molecule has 0 aliphatic heterocycles. The second-order valence-corrected chi connectivity index (χ2v) is 5.87. The number of esters is 1. The molecule has 0 saturated heterocycles. The highest BCUT2D eigenvalue weighted by Gasteiger charge is 2.23. The van der Waals surface area contributed by atoms with Gasteiger partial charge in [-0.3, -0.25) is 9.59 Å². The van der Waals surface area contributed by atoms with Crippen molar-refractivity contribution in [2.24, 2.45) is 5.73 Å². The summed E-state index contributed by atoms with van der Waals surface area (Å²) in [4.78, 5) is 24.2. The third-order valence-corrected chi connectivity index (χ3v) is 4.59. The van der Waals surface area contributed by atoms with Crippen LogP contribution < -0.4 is 11.1 Å². The molecular weight excluding hydrogens is 276 g/mol. The molecule has 0 unspecified atom stereocenters. The number of amides is 1. The standard InChI is InChI=1S/C14H20N2O3S/c1-2-19-11(17)7-8-16-14-12(13(15)18)9-5-3-4-6-10(9)20-14/h16H,2-8H2,1H3,(H2,15,18). The number of rotatable bonds is 6. The van der Waals surface area contributed by atoms with E-state index in [1.807, 2.05) is 0 Å². The molecule has 1 aliphatic carbocycles. The van der Waals surface area contributed by atoms with Gasteiger partial charge in [-0.15, -0.1) is 11.3 Å². The maximum absolute atomic E-state index is 11.7. The second-order valence-electron chi connectivity index (χ2n) is 4.76. The van der Waals surface area contributed by atoms with Crippen LogP contribution in [0.25, 0.3) is 0 Å². The maximum Gasteiger partial charge on any atom is 0.307 e. The highest BCUT2D eigenvalue weighted by molar-refractivity contribution is 7.16. The van der Waals surface area contributed by atoms with Gasteiger partial charge in [0.2, 0.25) is 0 Å². The molecule has 110 valence electrons. The highest BCUT2D eigenvalue weighted by atomic mass is 32.1. The van der Waals surface area contributed by atoms with Crippen LogP contribution in [-0.2, 0) is 22.4 Å². The molecule has 20 heavy (non-hydrogen) atoms. The van der Waals surface area contributed by atoms with Crippen LogP contribution in [0.1, 0.15) is 47.0 Å². The van der Waals surface area contributed by atoms with Gasteiger partial charge in [-0.1, -0.05) is 0 Å². The Labute approximate surface area is 122 Å². The Morgan fingerprint density at radius 2 is 2.10 bits per heavy atom. The van der Waals surface area contributed by atoms with E-state index in [9.17, 15) is 9.59 Å². The van der Waals surface area contributed by atoms with Crippen molar-refractivity contribution >= 4 is 28.2 Å². The molecule has 0 saturated carbocycles. The van der Waals surface area contributed by atoms with Gasteiger partial charge in [0.25, 0.3) is 5.91 Å². The molecule has 1 aromatic heterocycles. The van der Waals surface area contributed by atoms with Crippen molar-refractivity contribution in [3.05, 3.63) is 16.0 Å². The number of carbonyl (C=O) groups excluding carboxylic acids is 2. The molecule has 0 atom stereocenters. The molecule has 0 radical (unpaired) electrons. The van der Waals surface area contributed by atoms with Gasteiger partial charge in [-0.2, -0.15) is 0 Å². The molecule has 1 heterocycles. The molecule has 1 aromatic rings. The molecule has 0 aromatic carbocycles. The lowest BCUT2D eigenvalue weighted by Gasteiger charge is -2.11. The first-order valence-electron chi connectivity index (χ1n) is 6.97. The Hall–Kier alpha value is -1.56. The smallest absolute Gasteiger partial charge is 0.307 e. The topological polar surface area (TPSA) is 81.4 Å². The number of fused-ring (bicyclic) bond motifs is 1. The lowest BCUT2D eigenvalue weighted by Crippen LogP contribution is -2.17. The van der Waals surface area contributed by atoms with Crippen LogP contribution in [0.2, 0.25) is 0 Å². The van der Waals surface area contributed by atoms with E-state index >= 15 is 0 Å². The fourth-order valence-electron chi connectivity index (χ4n) is 2.46. The third-order valence-electron chi connectivity index (χ3n) is 3.34. The van der Waals surface area contributed by atoms with Crippen LogP contribution in [-0.4, -0.2) is 25.0 Å². The zero-order chi connectivity index (χ0) is 14.5. The molecule has 3 N–H and O–H groups in total. The fraction of sp³-hybridized carbons (Fsp3) is 0.571. The van der Waals surface area contributed by atoms with E-state index in [0.29, 0.717) is 18.7 Å². The Balaban J connectivity index is 2.05. The van der Waals surface area contributed by atoms with Gasteiger partial charge < -0.3 is 15.8 Å². The van der Waals surface area contributed by atoms with E-state index in [1.54, 1.807) is 18.3 Å². The van der Waals surface area contributed by atoms with Crippen LogP contribution in [0.3, 0.4) is 0 Å². The average Bonchev–Trinajstić information content (AvgIpc) is 2.77. The number of aryl methyl sites for hydroxylation is 1. The SMILES string of the molecule is CCOC(=O)CCNc1sc2c(c1C(N)=O)CCCC2. The summed E-state index contributed by atoms with van der Waals surface area (Å²) in [7, 11) is 0. The lowest BCUT2D eigenvalue weighted by molar-refractivity contribution is -0.142. The van der Waals surface area contributed by atoms with Crippen molar-refractivity contribution in [1.29, 1.82) is 0 Å². The Bertz CT molecular complexity index is 511. The summed E-state index contributed by atoms with van der Waals surface area (Å²) in [6.07, 6.45) is 4.48. The molecule has 5 nitrogen and oxygen atoms in total. The van der Waals surface area contributed by atoms with Crippen molar-refractivity contribution < 1.29 is 14.3 Å². The van der Waals surface area contributed by atoms with E-state index in [2.05, 4.69) is 5.32 Å². The van der Waals surface area contributed by atoms with E-state index in [1.165, 1.54) is 4.88 Å². The molecule has 0 spiro atoms. The minimum atomic E-state index is -0.386. The summed E-state index contributed by atoms with van der Waals surface area (Å²) in [5.74, 6) is -0.620. The largest absolute Gasteiger partial charge is 0.466 e. The number of hydrogen-bond donors (Lipinski definition) is 2. The van der Waals surface area contributed by atoms with E-state index in [-0.39, 0.29) is 18.3 Å². The number of ether oxygens (including phenoxy) is 1. The van der Waals surface area contributed by atoms with E-state index in [4.69, 9.17) is 10.5 Å². The number of nitrogens with one attached hydrogen (secondary N) is 1. The fourth-order valence-corrected chi connectivity index (χ4v) is 3.78. The number of primary amides is 1. The van der Waals surface area contributed by atoms with Crippen LogP contribution in [0.5, 0.6) is 0 Å². The van der Waals surface area contributed by atoms with E-state index in [0.717, 1.165) is 36.2 Å². The molecule has 2 rings (SSSR count). The summed E-state index contributed by atoms with van der Waals surface area (Å²) >= 11 is 1.59. The molecule has 1 aliphatic rings. The molecule has 0 bridgehead atoms. The monoisotopic (exact) mass is 296 g/mol. The van der Waals surface area contributed by atoms with Crippen molar-refractivity contribution in [2.45, 2.75) is 39.0 Å². The Morgan fingerprint density at radius 3 is 2.80 bits per heavy atom. The third kappa shape index (κ3) is 3.30. The van der Waals surface area contributed by atoms with Crippen LogP contribution >= 0.6 is 11.3 Å². The predicted octanol–water partition coefficient (Wildman–Crippen LogP) is 2.09. The van der Waals surface area contributed by atoms with Gasteiger partial charge in [0.05, 0.1) is 18.6 Å². The second kappa shape index (κ2) is 6.74. The minimum absolute atomic E-state index is 0.234. The summed E-state index contributed by atoms with van der Waals surface area (Å²) in [6.45, 7) is 2.63. The number of nitrogens with two attached hydrogens (primary N) is 1. The van der Waals surface area contributed by atoms with Crippen molar-refractivity contribution in [2.75, 3.05) is 18.5 Å². The van der Waals surface area contributed by atoms with E-state index < -0.39 is 0 Å². The first-order chi connectivity index (χ1) is 9.63. The van der Waals surface area contributed by atoms with Crippen LogP contribution in [0.4, 0.5) is 5.00 Å². The Morgan fingerprint density at radius 1 is 1.35 bits per heavy atom. The Kier molecular flexibility index (Phi) is 5.00. The number of anilines is 1. The predicted molar refractivity (Wildman–Crippen MR) is 79.2 cm³/mol. The first kappa shape index (κ1) is 14.8. The summed E-state index contributed by atoms with van der Waals surface area (Å²) < 4.78 is 4.87. The summed E-state index contributed by atoms with van der Waals surface area (Å²) in [6, 6.07) is 0. The maximum atomic E-state index is 11.7. The van der Waals surface area contributed by atoms with Gasteiger partial charge in [-0.25, -0.2) is 0 Å². The zero-order valence-corrected chi connectivity index (χ0v) is 12.5. The van der Waals surface area contributed by atoms with Gasteiger partial charge in [0.15, 0.2) is 0 Å². The van der Waals surface area contributed by atoms with Gasteiger partial charge in [-0.05, 0) is 38.2 Å². The van der Waals surface area contributed by atoms with Crippen LogP contribution in [0.15, 0.2) is 0 Å². The van der Waals surface area contributed by atoms with Crippen molar-refractivity contribution in [1.82, 2.24) is 0 Å². The molecule has 0 fully saturated rings. The normalized spacial score (nSPS) is 13.7. The first-order valence-corrected chi connectivity index (χ1v) is 7.79.